The third kappa shape index (κ3) is 4.05. The van der Waals surface area contributed by atoms with Crippen molar-refractivity contribution >= 4 is 27.8 Å². The molecular formula is C14H19BrN2O3. The zero-order chi connectivity index (χ0) is 15.3. The lowest BCUT2D eigenvalue weighted by Crippen LogP contribution is -2.50. The second kappa shape index (κ2) is 6.85. The Balaban J connectivity index is 2.70. The molecule has 2 unspecified atom stereocenters. The lowest BCUT2D eigenvalue weighted by molar-refractivity contribution is -0.144. The van der Waals surface area contributed by atoms with Crippen LogP contribution in [0.2, 0.25) is 0 Å². The fraction of sp³-hybridized carbons (Fsp3) is 0.429. The monoisotopic (exact) mass is 342 g/mol. The maximum absolute atomic E-state index is 12.2. The minimum Gasteiger partial charge on any atom is -0.469 e. The molecule has 2 atom stereocenters. The molecule has 5 nitrogen and oxygen atoms in total. The van der Waals surface area contributed by atoms with Gasteiger partial charge in [0.25, 0.3) is 0 Å². The number of methoxy groups -OCH3 is 1. The molecule has 1 aromatic rings. The van der Waals surface area contributed by atoms with E-state index in [1.54, 1.807) is 26.0 Å². The van der Waals surface area contributed by atoms with E-state index in [0.717, 1.165) is 4.47 Å². The summed E-state index contributed by atoms with van der Waals surface area (Å²) in [6, 6.07) is 7.22. The van der Waals surface area contributed by atoms with E-state index >= 15 is 0 Å². The number of nitrogens with one attached hydrogen (secondary N) is 1. The van der Waals surface area contributed by atoms with Crippen molar-refractivity contribution in [2.45, 2.75) is 19.4 Å². The molecule has 1 amide bonds. The first-order chi connectivity index (χ1) is 9.28. The minimum atomic E-state index is -1.16. The quantitative estimate of drug-likeness (QED) is 0.795. The lowest BCUT2D eigenvalue weighted by atomic mass is 9.92. The molecular weight excluding hydrogens is 324 g/mol. The number of carbonyl (C=O) groups excluding carboxylic acids is 2. The number of halogens is 1. The van der Waals surface area contributed by atoms with Crippen LogP contribution in [0.15, 0.2) is 28.7 Å². The summed E-state index contributed by atoms with van der Waals surface area (Å²) < 4.78 is 5.51. The van der Waals surface area contributed by atoms with E-state index in [4.69, 9.17) is 5.73 Å². The maximum atomic E-state index is 12.2. The Morgan fingerprint density at radius 3 is 2.45 bits per heavy atom. The summed E-state index contributed by atoms with van der Waals surface area (Å²) in [6.45, 7) is 3.50. The first kappa shape index (κ1) is 16.7. The van der Waals surface area contributed by atoms with Crippen LogP contribution in [-0.2, 0) is 19.9 Å². The molecule has 0 saturated heterocycles. The average Bonchev–Trinajstić information content (AvgIpc) is 2.43. The van der Waals surface area contributed by atoms with Crippen LogP contribution in [0.25, 0.3) is 0 Å². The summed E-state index contributed by atoms with van der Waals surface area (Å²) in [6.07, 6.45) is 0. The van der Waals surface area contributed by atoms with Crippen LogP contribution in [-0.4, -0.2) is 25.5 Å². The molecule has 1 rings (SSSR count). The zero-order valence-electron chi connectivity index (χ0n) is 11.8. The van der Waals surface area contributed by atoms with Gasteiger partial charge in [-0.15, -0.1) is 0 Å². The Morgan fingerprint density at radius 2 is 1.95 bits per heavy atom. The highest BCUT2D eigenvalue weighted by atomic mass is 79.9. The smallest absolute Gasteiger partial charge is 0.310 e. The van der Waals surface area contributed by atoms with Crippen LogP contribution < -0.4 is 11.1 Å². The summed E-state index contributed by atoms with van der Waals surface area (Å²) >= 11 is 3.33. The molecule has 0 saturated carbocycles. The number of hydrogen-bond acceptors (Lipinski definition) is 4. The van der Waals surface area contributed by atoms with Gasteiger partial charge in [-0.1, -0.05) is 35.0 Å². The largest absolute Gasteiger partial charge is 0.469 e. The second-order valence-corrected chi connectivity index (χ2v) is 5.76. The van der Waals surface area contributed by atoms with Crippen LogP contribution in [0.3, 0.4) is 0 Å². The molecule has 0 aliphatic heterocycles. The number of benzene rings is 1. The number of rotatable bonds is 5. The SMILES string of the molecule is COC(=O)C(C)CNC(=O)C(C)(N)c1ccc(Br)cc1. The van der Waals surface area contributed by atoms with Crippen molar-refractivity contribution < 1.29 is 14.3 Å². The van der Waals surface area contributed by atoms with Crippen molar-refractivity contribution in [1.82, 2.24) is 5.32 Å². The minimum absolute atomic E-state index is 0.189. The topological polar surface area (TPSA) is 81.4 Å². The van der Waals surface area contributed by atoms with Crippen LogP contribution in [0.5, 0.6) is 0 Å². The van der Waals surface area contributed by atoms with Crippen molar-refractivity contribution in [3.63, 3.8) is 0 Å². The van der Waals surface area contributed by atoms with E-state index in [2.05, 4.69) is 26.0 Å². The summed E-state index contributed by atoms with van der Waals surface area (Å²) in [7, 11) is 1.32. The summed E-state index contributed by atoms with van der Waals surface area (Å²) in [5.74, 6) is -1.12. The second-order valence-electron chi connectivity index (χ2n) is 4.84. The number of ether oxygens (including phenoxy) is 1. The van der Waals surface area contributed by atoms with Crippen molar-refractivity contribution in [3.8, 4) is 0 Å². The van der Waals surface area contributed by atoms with Gasteiger partial charge in [0.1, 0.15) is 5.54 Å². The van der Waals surface area contributed by atoms with Crippen molar-refractivity contribution in [3.05, 3.63) is 34.3 Å². The van der Waals surface area contributed by atoms with E-state index in [0.29, 0.717) is 5.56 Å². The van der Waals surface area contributed by atoms with Crippen LogP contribution in [0.1, 0.15) is 19.4 Å². The van der Waals surface area contributed by atoms with Gasteiger partial charge in [0.05, 0.1) is 13.0 Å². The Labute approximate surface area is 127 Å². The molecule has 0 fully saturated rings. The lowest BCUT2D eigenvalue weighted by Gasteiger charge is -2.25. The van der Waals surface area contributed by atoms with Gasteiger partial charge < -0.3 is 15.8 Å². The predicted octanol–water partition coefficient (Wildman–Crippen LogP) is 1.55. The Bertz CT molecular complexity index is 486. The third-order valence-corrected chi connectivity index (χ3v) is 3.62. The van der Waals surface area contributed by atoms with Gasteiger partial charge in [0.15, 0.2) is 0 Å². The van der Waals surface area contributed by atoms with Gasteiger partial charge in [-0.3, -0.25) is 9.59 Å². The number of nitrogens with two attached hydrogens (primary N) is 1. The van der Waals surface area contributed by atoms with Gasteiger partial charge in [-0.2, -0.15) is 0 Å². The molecule has 0 bridgehead atoms. The molecule has 3 N–H and O–H groups in total. The normalized spacial score (nSPS) is 15.1. The van der Waals surface area contributed by atoms with Crippen LogP contribution in [0, 0.1) is 5.92 Å². The molecule has 1 aromatic carbocycles. The van der Waals surface area contributed by atoms with Gasteiger partial charge >= 0.3 is 5.97 Å². The fourth-order valence-electron chi connectivity index (χ4n) is 1.64. The molecule has 0 aliphatic carbocycles. The van der Waals surface area contributed by atoms with Crippen molar-refractivity contribution in [1.29, 1.82) is 0 Å². The first-order valence-corrected chi connectivity index (χ1v) is 6.99. The maximum Gasteiger partial charge on any atom is 0.310 e. The van der Waals surface area contributed by atoms with E-state index in [1.807, 2.05) is 12.1 Å². The zero-order valence-corrected chi connectivity index (χ0v) is 13.4. The number of carbonyl (C=O) groups is 2. The highest BCUT2D eigenvalue weighted by Gasteiger charge is 2.30. The molecule has 0 radical (unpaired) electrons. The predicted molar refractivity (Wildman–Crippen MR) is 79.9 cm³/mol. The molecule has 0 aromatic heterocycles. The first-order valence-electron chi connectivity index (χ1n) is 6.20. The van der Waals surface area contributed by atoms with Crippen LogP contribution in [0.4, 0.5) is 0 Å². The summed E-state index contributed by atoms with van der Waals surface area (Å²) in [4.78, 5) is 23.4. The molecule has 6 heteroatoms. The molecule has 0 aliphatic rings. The Hall–Kier alpha value is -1.40. The van der Waals surface area contributed by atoms with E-state index in [-0.39, 0.29) is 18.4 Å². The highest BCUT2D eigenvalue weighted by Crippen LogP contribution is 2.20. The molecule has 110 valence electrons. The van der Waals surface area contributed by atoms with Gasteiger partial charge in [-0.05, 0) is 24.6 Å². The Kier molecular flexibility index (Phi) is 5.71. The number of amides is 1. The summed E-state index contributed by atoms with van der Waals surface area (Å²) in [5.41, 5.74) is 5.62. The Morgan fingerprint density at radius 1 is 1.40 bits per heavy atom. The van der Waals surface area contributed by atoms with Crippen molar-refractivity contribution in [2.75, 3.05) is 13.7 Å². The number of hydrogen-bond donors (Lipinski definition) is 2. The fourth-order valence-corrected chi connectivity index (χ4v) is 1.91. The third-order valence-electron chi connectivity index (χ3n) is 3.09. The van der Waals surface area contributed by atoms with Gasteiger partial charge in [0.2, 0.25) is 5.91 Å². The highest BCUT2D eigenvalue weighted by molar-refractivity contribution is 9.10. The van der Waals surface area contributed by atoms with Crippen molar-refractivity contribution in [2.24, 2.45) is 11.7 Å². The van der Waals surface area contributed by atoms with Crippen LogP contribution >= 0.6 is 15.9 Å². The average molecular weight is 343 g/mol. The van der Waals surface area contributed by atoms with E-state index < -0.39 is 11.5 Å². The number of esters is 1. The summed E-state index contributed by atoms with van der Waals surface area (Å²) in [5, 5.41) is 2.67. The molecule has 0 heterocycles. The van der Waals surface area contributed by atoms with E-state index in [1.165, 1.54) is 7.11 Å². The molecule has 0 spiro atoms. The standard InChI is InChI=1S/C14H19BrN2O3/c1-9(12(18)20-3)8-17-13(19)14(2,16)10-4-6-11(15)7-5-10/h4-7,9H,8,16H2,1-3H3,(H,17,19). The van der Waals surface area contributed by atoms with Gasteiger partial charge in [0, 0.05) is 11.0 Å². The van der Waals surface area contributed by atoms with E-state index in [9.17, 15) is 9.59 Å². The van der Waals surface area contributed by atoms with Gasteiger partial charge in [-0.25, -0.2) is 0 Å². The molecule has 20 heavy (non-hydrogen) atoms.